The second kappa shape index (κ2) is 7.12. The maximum Gasteiger partial charge on any atom is 0.416 e. The molecule has 0 atom stereocenters. The van der Waals surface area contributed by atoms with E-state index < -0.39 is 36.6 Å². The number of alkyl halides is 5. The van der Waals surface area contributed by atoms with E-state index in [1.165, 1.54) is 5.38 Å². The minimum absolute atomic E-state index is 0.203. The molecule has 0 bridgehead atoms. The van der Waals surface area contributed by atoms with E-state index in [1.54, 1.807) is 0 Å². The van der Waals surface area contributed by atoms with E-state index in [0.29, 0.717) is 6.07 Å². The first-order valence-corrected chi connectivity index (χ1v) is 7.22. The number of thiophene rings is 1. The average molecular weight is 369 g/mol. The molecular formula is C14H9F6NO2S. The molecule has 2 aromatic rings. The second-order valence-corrected chi connectivity index (χ2v) is 5.39. The Morgan fingerprint density at radius 3 is 2.58 bits per heavy atom. The van der Waals surface area contributed by atoms with Crippen molar-refractivity contribution in [2.75, 3.05) is 0 Å². The predicted octanol–water partition coefficient (Wildman–Crippen LogP) is 4.44. The lowest BCUT2D eigenvalue weighted by Crippen LogP contribution is -2.24. The topological polar surface area (TPSA) is 38.3 Å². The molecule has 2 rings (SSSR count). The van der Waals surface area contributed by atoms with Gasteiger partial charge in [0.05, 0.1) is 5.56 Å². The third-order valence-electron chi connectivity index (χ3n) is 2.87. The molecule has 130 valence electrons. The van der Waals surface area contributed by atoms with Crippen LogP contribution in [-0.4, -0.2) is 12.5 Å². The van der Waals surface area contributed by atoms with Crippen LogP contribution in [0.25, 0.3) is 0 Å². The van der Waals surface area contributed by atoms with Crippen molar-refractivity contribution in [2.45, 2.75) is 19.3 Å². The largest absolute Gasteiger partial charge is 0.433 e. The van der Waals surface area contributed by atoms with Crippen LogP contribution in [0.5, 0.6) is 5.75 Å². The Morgan fingerprint density at radius 1 is 1.25 bits per heavy atom. The van der Waals surface area contributed by atoms with Crippen molar-refractivity contribution in [3.05, 3.63) is 51.5 Å². The Labute approximate surface area is 135 Å². The third-order valence-corrected chi connectivity index (χ3v) is 3.76. The van der Waals surface area contributed by atoms with E-state index in [2.05, 4.69) is 10.1 Å². The van der Waals surface area contributed by atoms with E-state index in [-0.39, 0.29) is 16.2 Å². The van der Waals surface area contributed by atoms with Crippen molar-refractivity contribution in [1.29, 1.82) is 0 Å². The van der Waals surface area contributed by atoms with Crippen LogP contribution < -0.4 is 10.1 Å². The molecule has 24 heavy (non-hydrogen) atoms. The Hall–Kier alpha value is -2.23. The minimum Gasteiger partial charge on any atom is -0.433 e. The molecule has 0 saturated heterocycles. The number of benzene rings is 1. The van der Waals surface area contributed by atoms with Gasteiger partial charge in [-0.05, 0) is 29.1 Å². The van der Waals surface area contributed by atoms with Crippen molar-refractivity contribution < 1.29 is 35.9 Å². The average Bonchev–Trinajstić information content (AvgIpc) is 2.92. The number of hydrogen-bond donors (Lipinski definition) is 1. The van der Waals surface area contributed by atoms with E-state index in [9.17, 15) is 31.1 Å². The molecule has 1 aromatic heterocycles. The van der Waals surface area contributed by atoms with Crippen LogP contribution in [0.15, 0.2) is 29.6 Å². The van der Waals surface area contributed by atoms with Crippen molar-refractivity contribution in [3.8, 4) is 5.75 Å². The lowest BCUT2D eigenvalue weighted by atomic mass is 10.1. The maximum absolute atomic E-state index is 13.0. The highest BCUT2D eigenvalue weighted by Crippen LogP contribution is 2.33. The highest BCUT2D eigenvalue weighted by Gasteiger charge is 2.33. The molecule has 1 N–H and O–H groups in total. The van der Waals surface area contributed by atoms with E-state index >= 15 is 0 Å². The number of ether oxygens (including phenoxy) is 1. The molecule has 0 unspecified atom stereocenters. The van der Waals surface area contributed by atoms with Crippen LogP contribution >= 0.6 is 11.3 Å². The molecule has 0 fully saturated rings. The summed E-state index contributed by atoms with van der Waals surface area (Å²) in [5.41, 5.74) is -1.58. The van der Waals surface area contributed by atoms with Crippen LogP contribution in [0.3, 0.4) is 0 Å². The first-order valence-electron chi connectivity index (χ1n) is 6.34. The Morgan fingerprint density at radius 2 is 1.96 bits per heavy atom. The Kier molecular flexibility index (Phi) is 5.37. The molecule has 10 heteroatoms. The SMILES string of the molecule is O=C(NCc1ccc(F)cc1C(F)(F)F)c1sccc1OC(F)F. The summed E-state index contributed by atoms with van der Waals surface area (Å²) in [4.78, 5) is 11.7. The lowest BCUT2D eigenvalue weighted by Gasteiger charge is -2.13. The van der Waals surface area contributed by atoms with Gasteiger partial charge in [-0.15, -0.1) is 11.3 Å². The molecular weight excluding hydrogens is 360 g/mol. The zero-order valence-electron chi connectivity index (χ0n) is 11.7. The van der Waals surface area contributed by atoms with Gasteiger partial charge in [0.1, 0.15) is 16.4 Å². The molecule has 0 aliphatic rings. The quantitative estimate of drug-likeness (QED) is 0.792. The zero-order chi connectivity index (χ0) is 17.9. The summed E-state index contributed by atoms with van der Waals surface area (Å²) in [5, 5.41) is 3.50. The van der Waals surface area contributed by atoms with Gasteiger partial charge in [-0.3, -0.25) is 4.79 Å². The summed E-state index contributed by atoms with van der Waals surface area (Å²) in [6.45, 7) is -3.69. The fourth-order valence-corrected chi connectivity index (χ4v) is 2.61. The number of rotatable bonds is 5. The number of hydrogen-bond acceptors (Lipinski definition) is 3. The molecule has 1 heterocycles. The van der Waals surface area contributed by atoms with E-state index in [4.69, 9.17) is 0 Å². The van der Waals surface area contributed by atoms with Gasteiger partial charge in [-0.25, -0.2) is 4.39 Å². The normalized spacial score (nSPS) is 11.6. The first kappa shape index (κ1) is 18.1. The highest BCUT2D eigenvalue weighted by molar-refractivity contribution is 7.12. The van der Waals surface area contributed by atoms with E-state index in [1.807, 2.05) is 0 Å². The zero-order valence-corrected chi connectivity index (χ0v) is 12.5. The summed E-state index contributed by atoms with van der Waals surface area (Å²) in [6, 6.07) is 3.18. The predicted molar refractivity (Wildman–Crippen MR) is 73.5 cm³/mol. The molecule has 0 saturated carbocycles. The summed E-state index contributed by atoms with van der Waals surface area (Å²) in [7, 11) is 0. The highest BCUT2D eigenvalue weighted by atomic mass is 32.1. The van der Waals surface area contributed by atoms with Crippen LogP contribution in [0, 0.1) is 5.82 Å². The maximum atomic E-state index is 13.0. The summed E-state index contributed by atoms with van der Waals surface area (Å²) in [5.74, 6) is -2.32. The van der Waals surface area contributed by atoms with Crippen LogP contribution in [0.2, 0.25) is 0 Å². The molecule has 1 amide bonds. The fourth-order valence-electron chi connectivity index (χ4n) is 1.87. The van der Waals surface area contributed by atoms with Gasteiger partial charge in [0.25, 0.3) is 5.91 Å². The summed E-state index contributed by atoms with van der Waals surface area (Å²) < 4.78 is 80.1. The minimum atomic E-state index is -4.80. The van der Waals surface area contributed by atoms with Gasteiger partial charge in [-0.1, -0.05) is 6.07 Å². The first-order chi connectivity index (χ1) is 11.2. The van der Waals surface area contributed by atoms with Gasteiger partial charge in [0.15, 0.2) is 0 Å². The van der Waals surface area contributed by atoms with Crippen molar-refractivity contribution in [2.24, 2.45) is 0 Å². The van der Waals surface area contributed by atoms with Gasteiger partial charge in [-0.2, -0.15) is 22.0 Å². The van der Waals surface area contributed by atoms with Gasteiger partial charge in [0, 0.05) is 6.54 Å². The molecule has 0 aliphatic heterocycles. The number of amides is 1. The van der Waals surface area contributed by atoms with Gasteiger partial charge in [0.2, 0.25) is 0 Å². The van der Waals surface area contributed by atoms with Crippen LogP contribution in [0.1, 0.15) is 20.8 Å². The number of halogens is 6. The molecule has 0 radical (unpaired) electrons. The van der Waals surface area contributed by atoms with Crippen molar-refractivity contribution >= 4 is 17.2 Å². The van der Waals surface area contributed by atoms with E-state index in [0.717, 1.165) is 29.5 Å². The van der Waals surface area contributed by atoms with Gasteiger partial charge >= 0.3 is 12.8 Å². The monoisotopic (exact) mass is 369 g/mol. The number of nitrogens with one attached hydrogen (secondary N) is 1. The smallest absolute Gasteiger partial charge is 0.416 e. The molecule has 1 aromatic carbocycles. The molecule has 3 nitrogen and oxygen atoms in total. The third kappa shape index (κ3) is 4.40. The van der Waals surface area contributed by atoms with Crippen molar-refractivity contribution in [3.63, 3.8) is 0 Å². The number of carbonyl (C=O) groups is 1. The Bertz CT molecular complexity index is 728. The lowest BCUT2D eigenvalue weighted by molar-refractivity contribution is -0.138. The van der Waals surface area contributed by atoms with Crippen LogP contribution in [-0.2, 0) is 12.7 Å². The Balaban J connectivity index is 2.14. The fraction of sp³-hybridized carbons (Fsp3) is 0.214. The molecule has 0 aliphatic carbocycles. The summed E-state index contributed by atoms with van der Waals surface area (Å²) in [6.07, 6.45) is -4.80. The van der Waals surface area contributed by atoms with Crippen LogP contribution in [0.4, 0.5) is 26.3 Å². The number of carbonyl (C=O) groups excluding carboxylic acids is 1. The van der Waals surface area contributed by atoms with Crippen molar-refractivity contribution in [1.82, 2.24) is 5.32 Å². The standard InChI is InChI=1S/C14H9F6NO2S/c15-8-2-1-7(9(5-8)14(18,19)20)6-21-12(22)11-10(3-4-24-11)23-13(16)17/h1-5,13H,6H2,(H,21,22). The second-order valence-electron chi connectivity index (χ2n) is 4.47. The van der Waals surface area contributed by atoms with Gasteiger partial charge < -0.3 is 10.1 Å². The summed E-state index contributed by atoms with van der Waals surface area (Å²) >= 11 is 0.794. The molecule has 0 spiro atoms.